The van der Waals surface area contributed by atoms with Crippen LogP contribution in [0.5, 0.6) is 0 Å². The van der Waals surface area contributed by atoms with Gasteiger partial charge in [-0.05, 0) is 29.2 Å². The number of nitrogens with one attached hydrogen (secondary N) is 1. The molecule has 2 aromatic carbocycles. The van der Waals surface area contributed by atoms with E-state index in [-0.39, 0.29) is 24.9 Å². The number of amides is 1. The molecule has 0 aromatic heterocycles. The number of hydrogen-bond acceptors (Lipinski definition) is 11. The second-order valence-corrected chi connectivity index (χ2v) is 10.1. The van der Waals surface area contributed by atoms with Crippen LogP contribution in [-0.4, -0.2) is 124 Å². The van der Waals surface area contributed by atoms with Crippen LogP contribution in [0.2, 0.25) is 0 Å². The van der Waals surface area contributed by atoms with Crippen LogP contribution in [0.1, 0.15) is 30.4 Å². The number of hydrogen-bond donors (Lipinski definition) is 1. The molecule has 2 aromatic rings. The molecular formula is C34H49NO11. The highest BCUT2D eigenvalue weighted by atomic mass is 16.6. The molecule has 0 saturated carbocycles. The summed E-state index contributed by atoms with van der Waals surface area (Å²) in [6, 6.07) is 16.5. The summed E-state index contributed by atoms with van der Waals surface area (Å²) in [5.41, 5.74) is 4.77. The van der Waals surface area contributed by atoms with Gasteiger partial charge in [0.05, 0.1) is 106 Å². The molecule has 0 fully saturated rings. The second kappa shape index (κ2) is 24.1. The maximum Gasteiger partial charge on any atom is 0.407 e. The first-order chi connectivity index (χ1) is 22.7. The lowest BCUT2D eigenvalue weighted by atomic mass is 9.98. The van der Waals surface area contributed by atoms with Crippen LogP contribution in [0.15, 0.2) is 48.5 Å². The Bertz CT molecular complexity index is 1070. The average Bonchev–Trinajstić information content (AvgIpc) is 3.39. The van der Waals surface area contributed by atoms with E-state index < -0.39 is 6.09 Å². The molecule has 0 bridgehead atoms. The van der Waals surface area contributed by atoms with Gasteiger partial charge in [0.25, 0.3) is 0 Å². The lowest BCUT2D eigenvalue weighted by molar-refractivity contribution is -0.144. The van der Waals surface area contributed by atoms with Crippen LogP contribution in [0.4, 0.5) is 4.79 Å². The van der Waals surface area contributed by atoms with Crippen molar-refractivity contribution in [1.29, 1.82) is 0 Å². The Hall–Kier alpha value is -3.10. The summed E-state index contributed by atoms with van der Waals surface area (Å²) in [6.07, 6.45) is -0.203. The first kappa shape index (κ1) is 37.4. The third kappa shape index (κ3) is 15.0. The largest absolute Gasteiger partial charge is 0.466 e. The molecule has 0 radical (unpaired) electrons. The highest BCUT2D eigenvalue weighted by molar-refractivity contribution is 5.79. The summed E-state index contributed by atoms with van der Waals surface area (Å²) >= 11 is 0. The summed E-state index contributed by atoms with van der Waals surface area (Å²) in [4.78, 5) is 23.4. The van der Waals surface area contributed by atoms with Crippen molar-refractivity contribution in [2.75, 3.05) is 112 Å². The zero-order valence-corrected chi connectivity index (χ0v) is 26.9. The van der Waals surface area contributed by atoms with Crippen molar-refractivity contribution in [1.82, 2.24) is 5.32 Å². The van der Waals surface area contributed by atoms with Gasteiger partial charge in [-0.1, -0.05) is 48.5 Å². The molecule has 0 unspecified atom stereocenters. The van der Waals surface area contributed by atoms with Crippen molar-refractivity contribution in [3.63, 3.8) is 0 Å². The van der Waals surface area contributed by atoms with E-state index in [0.717, 1.165) is 0 Å². The summed E-state index contributed by atoms with van der Waals surface area (Å²) in [5, 5.41) is 2.73. The van der Waals surface area contributed by atoms with Crippen molar-refractivity contribution in [3.8, 4) is 11.1 Å². The molecule has 1 N–H and O–H groups in total. The number of ether oxygens (including phenoxy) is 9. The predicted octanol–water partition coefficient (Wildman–Crippen LogP) is 3.59. The van der Waals surface area contributed by atoms with Crippen molar-refractivity contribution in [2.45, 2.75) is 19.3 Å². The van der Waals surface area contributed by atoms with Gasteiger partial charge in [-0.25, -0.2) is 4.79 Å². The van der Waals surface area contributed by atoms with E-state index in [1.165, 1.54) is 22.3 Å². The van der Waals surface area contributed by atoms with Gasteiger partial charge in [-0.15, -0.1) is 0 Å². The fourth-order valence-electron chi connectivity index (χ4n) is 4.68. The van der Waals surface area contributed by atoms with Crippen LogP contribution in [0.3, 0.4) is 0 Å². The van der Waals surface area contributed by atoms with E-state index >= 15 is 0 Å². The Kier molecular flexibility index (Phi) is 19.6. The van der Waals surface area contributed by atoms with Gasteiger partial charge < -0.3 is 47.9 Å². The molecule has 1 aliphatic carbocycles. The van der Waals surface area contributed by atoms with Crippen LogP contribution in [0, 0.1) is 0 Å². The Morgan fingerprint density at radius 1 is 0.565 bits per heavy atom. The standard InChI is InChI=1S/C34H49NO11/c1-2-45-33(36)11-13-38-15-17-40-19-21-42-23-25-44-26-24-43-22-20-41-18-16-39-14-12-35-34(37)46-27-32-30-9-5-3-7-28(30)29-8-4-6-10-31(29)32/h3-10,32H,2,11-27H2,1H3,(H,35,37). The molecule has 0 heterocycles. The smallest absolute Gasteiger partial charge is 0.407 e. The molecule has 12 heteroatoms. The van der Waals surface area contributed by atoms with Gasteiger partial charge in [-0.3, -0.25) is 4.79 Å². The third-order valence-electron chi connectivity index (χ3n) is 6.85. The first-order valence-corrected chi connectivity index (χ1v) is 16.0. The monoisotopic (exact) mass is 647 g/mol. The molecule has 0 atom stereocenters. The van der Waals surface area contributed by atoms with Crippen molar-refractivity contribution < 1.29 is 52.2 Å². The molecule has 1 aliphatic rings. The fraction of sp³-hybridized carbons (Fsp3) is 0.588. The van der Waals surface area contributed by atoms with Crippen LogP contribution in [0.25, 0.3) is 11.1 Å². The molecule has 46 heavy (non-hydrogen) atoms. The normalized spacial score (nSPS) is 12.1. The Morgan fingerprint density at radius 2 is 0.978 bits per heavy atom. The van der Waals surface area contributed by atoms with Crippen molar-refractivity contribution in [2.24, 2.45) is 0 Å². The molecule has 1 amide bonds. The van der Waals surface area contributed by atoms with Gasteiger partial charge in [-0.2, -0.15) is 0 Å². The van der Waals surface area contributed by atoms with E-state index in [9.17, 15) is 9.59 Å². The highest BCUT2D eigenvalue weighted by Crippen LogP contribution is 2.44. The quantitative estimate of drug-likeness (QED) is 0.113. The lowest BCUT2D eigenvalue weighted by Crippen LogP contribution is -2.29. The first-order valence-electron chi connectivity index (χ1n) is 16.0. The Balaban J connectivity index is 1.01. The molecular weight excluding hydrogens is 598 g/mol. The molecule has 0 spiro atoms. The second-order valence-electron chi connectivity index (χ2n) is 10.1. The number of esters is 1. The van der Waals surface area contributed by atoms with Crippen molar-refractivity contribution >= 4 is 12.1 Å². The number of carbonyl (C=O) groups is 2. The Morgan fingerprint density at radius 3 is 1.43 bits per heavy atom. The highest BCUT2D eigenvalue weighted by Gasteiger charge is 2.28. The Labute approximate surface area is 271 Å². The lowest BCUT2D eigenvalue weighted by Gasteiger charge is -2.14. The average molecular weight is 648 g/mol. The van der Waals surface area contributed by atoms with E-state index in [1.807, 2.05) is 24.3 Å². The number of rotatable bonds is 27. The third-order valence-corrected chi connectivity index (χ3v) is 6.85. The summed E-state index contributed by atoms with van der Waals surface area (Å²) in [5.74, 6) is -0.218. The van der Waals surface area contributed by atoms with E-state index in [2.05, 4.69) is 29.6 Å². The van der Waals surface area contributed by atoms with Crippen LogP contribution >= 0.6 is 0 Å². The van der Waals surface area contributed by atoms with Gasteiger partial charge in [0, 0.05) is 12.5 Å². The van der Waals surface area contributed by atoms with Crippen LogP contribution < -0.4 is 5.32 Å². The zero-order chi connectivity index (χ0) is 32.5. The minimum Gasteiger partial charge on any atom is -0.466 e. The van der Waals surface area contributed by atoms with Gasteiger partial charge in [0.15, 0.2) is 0 Å². The SMILES string of the molecule is CCOC(=O)CCOCCOCCOCCOCCOCCOCCOCCNC(=O)OCC1c2ccccc2-c2ccccc21. The van der Waals surface area contributed by atoms with Gasteiger partial charge >= 0.3 is 12.1 Å². The maximum absolute atomic E-state index is 12.2. The van der Waals surface area contributed by atoms with E-state index in [0.29, 0.717) is 106 Å². The maximum atomic E-state index is 12.2. The summed E-state index contributed by atoms with van der Waals surface area (Å²) < 4.78 is 48.4. The molecule has 256 valence electrons. The van der Waals surface area contributed by atoms with E-state index in [4.69, 9.17) is 42.6 Å². The predicted molar refractivity (Wildman–Crippen MR) is 170 cm³/mol. The topological polar surface area (TPSA) is 129 Å². The zero-order valence-electron chi connectivity index (χ0n) is 26.9. The van der Waals surface area contributed by atoms with Crippen LogP contribution in [-0.2, 0) is 47.4 Å². The number of fused-ring (bicyclic) bond motifs is 3. The number of alkyl carbamates (subject to hydrolysis) is 1. The molecule has 0 aliphatic heterocycles. The van der Waals surface area contributed by atoms with E-state index in [1.54, 1.807) is 6.92 Å². The van der Waals surface area contributed by atoms with Gasteiger partial charge in [0.2, 0.25) is 0 Å². The minimum absolute atomic E-state index is 0.0369. The van der Waals surface area contributed by atoms with Gasteiger partial charge in [0.1, 0.15) is 6.61 Å². The number of carbonyl (C=O) groups excluding carboxylic acids is 2. The molecule has 3 rings (SSSR count). The molecule has 0 saturated heterocycles. The fourth-order valence-corrected chi connectivity index (χ4v) is 4.68. The summed E-state index contributed by atoms with van der Waals surface area (Å²) in [7, 11) is 0. The number of benzene rings is 2. The summed E-state index contributed by atoms with van der Waals surface area (Å²) in [6.45, 7) is 8.98. The molecule has 12 nitrogen and oxygen atoms in total. The van der Waals surface area contributed by atoms with Crippen molar-refractivity contribution in [3.05, 3.63) is 59.7 Å². The minimum atomic E-state index is -0.455.